The van der Waals surface area contributed by atoms with Crippen LogP contribution < -0.4 is 15.4 Å². The second-order valence-electron chi connectivity index (χ2n) is 8.42. The second-order valence-corrected chi connectivity index (χ2v) is 8.42. The van der Waals surface area contributed by atoms with Gasteiger partial charge in [0.2, 0.25) is 0 Å². The Morgan fingerprint density at radius 1 is 1.03 bits per heavy atom. The quantitative estimate of drug-likeness (QED) is 0.604. The van der Waals surface area contributed by atoms with Gasteiger partial charge in [-0.3, -0.25) is 4.79 Å². The summed E-state index contributed by atoms with van der Waals surface area (Å²) in [5.74, 6) is 0.769. The average molecular weight is 416 g/mol. The molecule has 1 heterocycles. The van der Waals surface area contributed by atoms with Gasteiger partial charge >= 0.3 is 0 Å². The van der Waals surface area contributed by atoms with Crippen LogP contribution in [0, 0.1) is 0 Å². The van der Waals surface area contributed by atoms with Crippen LogP contribution in [0.3, 0.4) is 0 Å². The molecule has 1 aliphatic rings. The lowest BCUT2D eigenvalue weighted by atomic mass is 10.00. The maximum Gasteiger partial charge on any atom is 0.253 e. The molecule has 1 aliphatic heterocycles. The molecule has 3 aromatic carbocycles. The molecule has 31 heavy (non-hydrogen) atoms. The van der Waals surface area contributed by atoms with E-state index in [-0.39, 0.29) is 11.4 Å². The van der Waals surface area contributed by atoms with Crippen molar-refractivity contribution in [1.29, 1.82) is 0 Å². The molecule has 0 fully saturated rings. The van der Waals surface area contributed by atoms with Crippen LogP contribution in [0.2, 0.25) is 0 Å². The number of hydrogen-bond acceptors (Lipinski definition) is 4. The molecular weight excluding hydrogens is 386 g/mol. The first-order valence-electron chi connectivity index (χ1n) is 10.6. The van der Waals surface area contributed by atoms with Gasteiger partial charge in [-0.15, -0.1) is 0 Å². The van der Waals surface area contributed by atoms with E-state index in [0.717, 1.165) is 30.1 Å². The molecule has 160 valence electrons. The Balaban J connectivity index is 1.40. The Kier molecular flexibility index (Phi) is 6.23. The molecule has 1 amide bonds. The van der Waals surface area contributed by atoms with Gasteiger partial charge in [-0.05, 0) is 36.2 Å². The van der Waals surface area contributed by atoms with E-state index in [1.165, 1.54) is 5.56 Å². The summed E-state index contributed by atoms with van der Waals surface area (Å²) in [4.78, 5) is 14.7. The summed E-state index contributed by atoms with van der Waals surface area (Å²) in [6.07, 6.45) is 0. The minimum Gasteiger partial charge on any atom is -0.489 e. The van der Waals surface area contributed by atoms with E-state index in [2.05, 4.69) is 29.7 Å². The van der Waals surface area contributed by atoms with Crippen molar-refractivity contribution in [1.82, 2.24) is 10.2 Å². The summed E-state index contributed by atoms with van der Waals surface area (Å²) in [5.41, 5.74) is 3.59. The molecule has 0 aromatic heterocycles. The number of benzene rings is 3. The van der Waals surface area contributed by atoms with Crippen LogP contribution in [-0.4, -0.2) is 36.5 Å². The Bertz CT molecular complexity index is 1020. The number of rotatable bonds is 7. The van der Waals surface area contributed by atoms with E-state index in [0.29, 0.717) is 18.7 Å². The summed E-state index contributed by atoms with van der Waals surface area (Å²) in [6.45, 7) is 4.80. The van der Waals surface area contributed by atoms with Crippen LogP contribution in [-0.2, 0) is 13.1 Å². The molecular formula is C26H29N3O2. The van der Waals surface area contributed by atoms with Gasteiger partial charge in [0.25, 0.3) is 5.91 Å². The van der Waals surface area contributed by atoms with Crippen LogP contribution in [0.5, 0.6) is 5.75 Å². The van der Waals surface area contributed by atoms with E-state index in [9.17, 15) is 4.79 Å². The molecule has 0 aliphatic carbocycles. The molecule has 3 aromatic rings. The Labute approximate surface area is 184 Å². The number of nitrogens with zero attached hydrogens (tertiary/aromatic N) is 1. The van der Waals surface area contributed by atoms with Crippen molar-refractivity contribution in [3.8, 4) is 5.75 Å². The fourth-order valence-corrected chi connectivity index (χ4v) is 3.81. The van der Waals surface area contributed by atoms with Gasteiger partial charge in [0.15, 0.2) is 0 Å². The van der Waals surface area contributed by atoms with E-state index in [4.69, 9.17) is 4.74 Å². The van der Waals surface area contributed by atoms with Gasteiger partial charge in [-0.1, -0.05) is 60.7 Å². The predicted molar refractivity (Wildman–Crippen MR) is 124 cm³/mol. The van der Waals surface area contributed by atoms with Gasteiger partial charge in [0, 0.05) is 32.2 Å². The molecule has 1 unspecified atom stereocenters. The molecule has 2 N–H and O–H groups in total. The smallest absolute Gasteiger partial charge is 0.253 e. The predicted octanol–water partition coefficient (Wildman–Crippen LogP) is 4.31. The van der Waals surface area contributed by atoms with Crippen LogP contribution in [0.1, 0.15) is 28.4 Å². The lowest BCUT2D eigenvalue weighted by molar-refractivity contribution is 0.0785. The largest absolute Gasteiger partial charge is 0.489 e. The lowest BCUT2D eigenvalue weighted by Gasteiger charge is -2.37. The summed E-state index contributed by atoms with van der Waals surface area (Å²) in [7, 11) is 1.83. The van der Waals surface area contributed by atoms with Crippen LogP contribution >= 0.6 is 0 Å². The first-order valence-corrected chi connectivity index (χ1v) is 10.6. The Hall–Kier alpha value is -3.31. The summed E-state index contributed by atoms with van der Waals surface area (Å²) >= 11 is 0. The van der Waals surface area contributed by atoms with Crippen molar-refractivity contribution in [2.45, 2.75) is 25.6 Å². The summed E-state index contributed by atoms with van der Waals surface area (Å²) in [5, 5.41) is 7.09. The summed E-state index contributed by atoms with van der Waals surface area (Å²) in [6, 6.07) is 26.0. The number of amides is 1. The molecule has 1 atom stereocenters. The molecule has 4 rings (SSSR count). The SMILES string of the molecule is CN(Cc1ccccc1)C(=O)c1ccc2c(c1)NC(C)(CNCc1ccccc1)CO2. The van der Waals surface area contributed by atoms with Gasteiger partial charge in [-0.2, -0.15) is 0 Å². The first kappa shape index (κ1) is 20.9. The molecule has 0 saturated heterocycles. The zero-order chi connectivity index (χ0) is 21.7. The maximum absolute atomic E-state index is 13.0. The monoisotopic (exact) mass is 415 g/mol. The fourth-order valence-electron chi connectivity index (χ4n) is 3.81. The highest BCUT2D eigenvalue weighted by molar-refractivity contribution is 5.95. The van der Waals surface area contributed by atoms with E-state index in [1.807, 2.05) is 73.8 Å². The third kappa shape index (κ3) is 5.25. The van der Waals surface area contributed by atoms with Crippen LogP contribution in [0.15, 0.2) is 78.9 Å². The molecule has 5 heteroatoms. The zero-order valence-corrected chi connectivity index (χ0v) is 18.1. The fraction of sp³-hybridized carbons (Fsp3) is 0.269. The van der Waals surface area contributed by atoms with Gasteiger partial charge < -0.3 is 20.3 Å². The normalized spacial score (nSPS) is 17.2. The number of carbonyl (C=O) groups excluding carboxylic acids is 1. The van der Waals surface area contributed by atoms with Crippen LogP contribution in [0.25, 0.3) is 0 Å². The number of fused-ring (bicyclic) bond motifs is 1. The Morgan fingerprint density at radius 2 is 1.71 bits per heavy atom. The highest BCUT2D eigenvalue weighted by atomic mass is 16.5. The topological polar surface area (TPSA) is 53.6 Å². The second kappa shape index (κ2) is 9.23. The van der Waals surface area contributed by atoms with Crippen molar-refractivity contribution in [2.24, 2.45) is 0 Å². The molecule has 0 saturated carbocycles. The van der Waals surface area contributed by atoms with Gasteiger partial charge in [0.1, 0.15) is 12.4 Å². The molecule has 5 nitrogen and oxygen atoms in total. The minimum atomic E-state index is -0.264. The maximum atomic E-state index is 13.0. The standard InChI is InChI=1S/C26H29N3O2/c1-26(18-27-16-20-9-5-3-6-10-20)19-31-24-14-13-22(15-23(24)28-26)25(30)29(2)17-21-11-7-4-8-12-21/h3-15,27-28H,16-19H2,1-2H3. The number of nitrogens with one attached hydrogen (secondary N) is 2. The van der Waals surface area contributed by atoms with E-state index >= 15 is 0 Å². The van der Waals surface area contributed by atoms with Crippen molar-refractivity contribution in [2.75, 3.05) is 25.5 Å². The highest BCUT2D eigenvalue weighted by Crippen LogP contribution is 2.33. The average Bonchev–Trinajstić information content (AvgIpc) is 2.79. The van der Waals surface area contributed by atoms with Crippen molar-refractivity contribution < 1.29 is 9.53 Å². The third-order valence-electron chi connectivity index (χ3n) is 5.51. The number of hydrogen-bond donors (Lipinski definition) is 2. The molecule has 0 radical (unpaired) electrons. The number of carbonyl (C=O) groups is 1. The summed E-state index contributed by atoms with van der Waals surface area (Å²) < 4.78 is 6.01. The van der Waals surface area contributed by atoms with E-state index in [1.54, 1.807) is 4.90 Å². The van der Waals surface area contributed by atoms with E-state index < -0.39 is 0 Å². The van der Waals surface area contributed by atoms with Crippen molar-refractivity contribution in [3.05, 3.63) is 95.6 Å². The zero-order valence-electron chi connectivity index (χ0n) is 18.1. The highest BCUT2D eigenvalue weighted by Gasteiger charge is 2.31. The first-order chi connectivity index (χ1) is 15.0. The molecule has 0 bridgehead atoms. The Morgan fingerprint density at radius 3 is 2.42 bits per heavy atom. The lowest BCUT2D eigenvalue weighted by Crippen LogP contribution is -2.51. The van der Waals surface area contributed by atoms with Gasteiger partial charge in [-0.25, -0.2) is 0 Å². The number of ether oxygens (including phenoxy) is 1. The minimum absolute atomic E-state index is 0.0112. The third-order valence-corrected chi connectivity index (χ3v) is 5.51. The number of anilines is 1. The van der Waals surface area contributed by atoms with Gasteiger partial charge in [0.05, 0.1) is 11.2 Å². The van der Waals surface area contributed by atoms with Crippen LogP contribution in [0.4, 0.5) is 5.69 Å². The van der Waals surface area contributed by atoms with Crippen molar-refractivity contribution in [3.63, 3.8) is 0 Å². The molecule has 0 spiro atoms. The van der Waals surface area contributed by atoms with Crippen molar-refractivity contribution >= 4 is 11.6 Å².